The zero-order valence-corrected chi connectivity index (χ0v) is 22.6. The molecule has 2 amide bonds. The number of carboxylic acids is 1. The van der Waals surface area contributed by atoms with E-state index >= 15 is 0 Å². The number of carbonyl (C=O) groups excluding carboxylic acids is 2. The topological polar surface area (TPSA) is 77.9 Å². The molecule has 214 valence electrons. The fraction of sp³-hybridized carbons (Fsp3) is 0.690. The van der Waals surface area contributed by atoms with Crippen molar-refractivity contribution in [1.82, 2.24) is 9.80 Å². The Bertz CT molecular complexity index is 866. The number of unbranched alkanes of at least 4 members (excludes halogenated alkanes) is 9. The first-order valence-electron chi connectivity index (χ1n) is 14.1. The number of halogens is 3. The van der Waals surface area contributed by atoms with Gasteiger partial charge in [-0.05, 0) is 42.9 Å². The van der Waals surface area contributed by atoms with E-state index in [1.807, 2.05) is 4.90 Å². The minimum atomic E-state index is -4.46. The molecule has 1 aromatic rings. The summed E-state index contributed by atoms with van der Waals surface area (Å²) in [4.78, 5) is 39.2. The summed E-state index contributed by atoms with van der Waals surface area (Å²) in [5.74, 6) is -2.51. The highest BCUT2D eigenvalue weighted by Crippen LogP contribution is 2.29. The molecule has 1 saturated heterocycles. The van der Waals surface area contributed by atoms with E-state index in [0.29, 0.717) is 37.9 Å². The van der Waals surface area contributed by atoms with Crippen LogP contribution >= 0.6 is 0 Å². The normalized spacial score (nSPS) is 14.5. The number of hydrogen-bond acceptors (Lipinski definition) is 3. The summed E-state index contributed by atoms with van der Waals surface area (Å²) >= 11 is 0. The molecule has 0 saturated carbocycles. The Labute approximate surface area is 224 Å². The Morgan fingerprint density at radius 2 is 1.42 bits per heavy atom. The van der Waals surface area contributed by atoms with Crippen molar-refractivity contribution in [2.24, 2.45) is 5.92 Å². The first-order chi connectivity index (χ1) is 18.1. The average molecular weight is 541 g/mol. The standard InChI is InChI=1S/C29H43F3N2O4/c1-2-3-4-5-6-7-8-9-10-11-12-26(35)33-19-17-24(18-20-33)22-34(27(36)28(37)38)21-23-13-15-25(16-14-23)29(30,31)32/h13-16,24H,2-12,17-22H2,1H3,(H,37,38). The third-order valence-corrected chi connectivity index (χ3v) is 7.31. The number of likely N-dealkylation sites (tertiary alicyclic amines) is 1. The molecule has 0 aliphatic carbocycles. The first-order valence-corrected chi connectivity index (χ1v) is 14.1. The maximum Gasteiger partial charge on any atom is 0.416 e. The lowest BCUT2D eigenvalue weighted by molar-refractivity contribution is -0.156. The Balaban J connectivity index is 1.72. The smallest absolute Gasteiger partial charge is 0.416 e. The van der Waals surface area contributed by atoms with Gasteiger partial charge in [0.15, 0.2) is 0 Å². The van der Waals surface area contributed by atoms with Crippen LogP contribution in [-0.4, -0.2) is 52.3 Å². The number of carbonyl (C=O) groups is 3. The van der Waals surface area contributed by atoms with E-state index in [9.17, 15) is 32.7 Å². The second-order valence-corrected chi connectivity index (χ2v) is 10.4. The van der Waals surface area contributed by atoms with Gasteiger partial charge in [0.25, 0.3) is 0 Å². The molecular formula is C29H43F3N2O4. The molecule has 2 rings (SSSR count). The van der Waals surface area contributed by atoms with Gasteiger partial charge in [0.2, 0.25) is 5.91 Å². The zero-order chi connectivity index (χ0) is 28.0. The highest BCUT2D eigenvalue weighted by Gasteiger charge is 2.31. The number of carboxylic acid groups (broad SMARTS) is 1. The summed E-state index contributed by atoms with van der Waals surface area (Å²) in [7, 11) is 0. The third-order valence-electron chi connectivity index (χ3n) is 7.31. The number of alkyl halides is 3. The number of nitrogens with zero attached hydrogens (tertiary/aromatic N) is 2. The lowest BCUT2D eigenvalue weighted by Gasteiger charge is -2.34. The molecule has 0 atom stereocenters. The summed E-state index contributed by atoms with van der Waals surface area (Å²) < 4.78 is 38.5. The summed E-state index contributed by atoms with van der Waals surface area (Å²) in [5, 5.41) is 9.23. The van der Waals surface area contributed by atoms with Crippen LogP contribution in [0.25, 0.3) is 0 Å². The monoisotopic (exact) mass is 540 g/mol. The van der Waals surface area contributed by atoms with Crippen LogP contribution in [-0.2, 0) is 27.1 Å². The number of hydrogen-bond donors (Lipinski definition) is 1. The minimum Gasteiger partial charge on any atom is -0.474 e. The highest BCUT2D eigenvalue weighted by molar-refractivity contribution is 6.31. The van der Waals surface area contributed by atoms with Crippen LogP contribution in [0.5, 0.6) is 0 Å². The summed E-state index contributed by atoms with van der Waals surface area (Å²) in [6.07, 6.45) is 9.52. The van der Waals surface area contributed by atoms with Crippen molar-refractivity contribution in [3.05, 3.63) is 35.4 Å². The van der Waals surface area contributed by atoms with Crippen LogP contribution in [0.1, 0.15) is 102 Å². The van der Waals surface area contributed by atoms with Crippen molar-refractivity contribution >= 4 is 17.8 Å². The van der Waals surface area contributed by atoms with Gasteiger partial charge in [0, 0.05) is 32.6 Å². The van der Waals surface area contributed by atoms with Crippen molar-refractivity contribution in [3.8, 4) is 0 Å². The second-order valence-electron chi connectivity index (χ2n) is 10.4. The van der Waals surface area contributed by atoms with Crippen LogP contribution in [0, 0.1) is 5.92 Å². The highest BCUT2D eigenvalue weighted by atomic mass is 19.4. The fourth-order valence-corrected chi connectivity index (χ4v) is 4.97. The van der Waals surface area contributed by atoms with Crippen molar-refractivity contribution in [2.75, 3.05) is 19.6 Å². The Kier molecular flexibility index (Phi) is 13.7. The van der Waals surface area contributed by atoms with Crippen LogP contribution in [0.15, 0.2) is 24.3 Å². The largest absolute Gasteiger partial charge is 0.474 e. The van der Waals surface area contributed by atoms with Crippen LogP contribution < -0.4 is 0 Å². The van der Waals surface area contributed by atoms with Crippen LogP contribution in [0.3, 0.4) is 0 Å². The van der Waals surface area contributed by atoms with Crippen molar-refractivity contribution in [3.63, 3.8) is 0 Å². The SMILES string of the molecule is CCCCCCCCCCCCC(=O)N1CCC(CN(Cc2ccc(C(F)(F)F)cc2)C(=O)C(=O)O)CC1. The molecule has 0 radical (unpaired) electrons. The maximum atomic E-state index is 12.8. The molecule has 1 N–H and O–H groups in total. The summed E-state index contributed by atoms with van der Waals surface area (Å²) in [6, 6.07) is 4.38. The molecule has 1 aromatic carbocycles. The fourth-order valence-electron chi connectivity index (χ4n) is 4.97. The number of rotatable bonds is 15. The van der Waals surface area contributed by atoms with Gasteiger partial charge in [-0.2, -0.15) is 13.2 Å². The van der Waals surface area contributed by atoms with Crippen LogP contribution in [0.2, 0.25) is 0 Å². The van der Waals surface area contributed by atoms with E-state index in [-0.39, 0.29) is 24.9 Å². The second kappa shape index (κ2) is 16.4. The molecule has 0 spiro atoms. The summed E-state index contributed by atoms with van der Waals surface area (Å²) in [6.45, 7) is 3.46. The predicted molar refractivity (Wildman–Crippen MR) is 140 cm³/mol. The molecule has 0 aromatic heterocycles. The van der Waals surface area contributed by atoms with Gasteiger partial charge < -0.3 is 14.9 Å². The molecule has 9 heteroatoms. The van der Waals surface area contributed by atoms with Gasteiger partial charge in [0.05, 0.1) is 5.56 Å². The Hall–Kier alpha value is -2.58. The van der Waals surface area contributed by atoms with E-state index in [4.69, 9.17) is 0 Å². The van der Waals surface area contributed by atoms with E-state index in [1.165, 1.54) is 62.0 Å². The molecule has 1 aliphatic heterocycles. The summed E-state index contributed by atoms with van der Waals surface area (Å²) in [5.41, 5.74) is -0.371. The molecule has 38 heavy (non-hydrogen) atoms. The van der Waals surface area contributed by atoms with E-state index in [2.05, 4.69) is 6.92 Å². The quantitative estimate of drug-likeness (QED) is 0.199. The van der Waals surface area contributed by atoms with E-state index in [1.54, 1.807) is 0 Å². The van der Waals surface area contributed by atoms with Gasteiger partial charge in [0.1, 0.15) is 0 Å². The van der Waals surface area contributed by atoms with Gasteiger partial charge in [-0.3, -0.25) is 9.59 Å². The Morgan fingerprint density at radius 3 is 1.92 bits per heavy atom. The number of amides is 2. The molecular weight excluding hydrogens is 497 g/mol. The maximum absolute atomic E-state index is 12.8. The number of aliphatic carboxylic acids is 1. The molecule has 6 nitrogen and oxygen atoms in total. The molecule has 1 heterocycles. The van der Waals surface area contributed by atoms with Gasteiger partial charge >= 0.3 is 18.1 Å². The third kappa shape index (κ3) is 11.4. The molecule has 0 bridgehead atoms. The first kappa shape index (κ1) is 31.6. The predicted octanol–water partition coefficient (Wildman–Crippen LogP) is 6.67. The molecule has 0 unspecified atom stereocenters. The number of benzene rings is 1. The average Bonchev–Trinajstić information content (AvgIpc) is 2.89. The lowest BCUT2D eigenvalue weighted by Crippen LogP contribution is -2.44. The van der Waals surface area contributed by atoms with Gasteiger partial charge in [-0.1, -0.05) is 76.8 Å². The van der Waals surface area contributed by atoms with Crippen molar-refractivity contribution in [1.29, 1.82) is 0 Å². The molecule has 1 aliphatic rings. The van der Waals surface area contributed by atoms with E-state index in [0.717, 1.165) is 31.4 Å². The minimum absolute atomic E-state index is 0.0223. The Morgan fingerprint density at radius 1 is 0.895 bits per heavy atom. The van der Waals surface area contributed by atoms with Crippen molar-refractivity contribution < 1.29 is 32.7 Å². The number of piperidine rings is 1. The lowest BCUT2D eigenvalue weighted by atomic mass is 9.95. The van der Waals surface area contributed by atoms with Crippen molar-refractivity contribution in [2.45, 2.75) is 103 Å². The van der Waals surface area contributed by atoms with E-state index < -0.39 is 23.6 Å². The van der Waals surface area contributed by atoms with Gasteiger partial charge in [-0.15, -0.1) is 0 Å². The molecule has 1 fully saturated rings. The zero-order valence-electron chi connectivity index (χ0n) is 22.6. The van der Waals surface area contributed by atoms with Gasteiger partial charge in [-0.25, -0.2) is 4.79 Å². The van der Waals surface area contributed by atoms with Crippen LogP contribution in [0.4, 0.5) is 13.2 Å².